The van der Waals surface area contributed by atoms with E-state index >= 15 is 0 Å². The fourth-order valence-electron chi connectivity index (χ4n) is 5.35. The maximum absolute atomic E-state index is 13.1. The number of aliphatic carboxylic acids is 1. The van der Waals surface area contributed by atoms with Gasteiger partial charge in [-0.25, -0.2) is 4.79 Å². The van der Waals surface area contributed by atoms with E-state index in [4.69, 9.17) is 4.74 Å². The molecule has 0 spiro atoms. The smallest absolute Gasteiger partial charge is 0.407 e. The van der Waals surface area contributed by atoms with Crippen LogP contribution < -0.4 is 10.6 Å². The fourth-order valence-corrected chi connectivity index (χ4v) is 5.35. The third-order valence-electron chi connectivity index (χ3n) is 7.23. The summed E-state index contributed by atoms with van der Waals surface area (Å²) in [5.41, 5.74) is 4.53. The standard InChI is InChI=1S/C28H34N2O5/c1-17(2)25(26(31)29-24-15-5-3-4-14-22(24)27(32)33)30-28(34)35-16-23-20-12-8-6-10-18(20)19-11-7-9-13-21(19)23/h6-13,17,22-25H,3-5,14-16H2,1-2H3,(H,29,31)(H,30,34)(H,32,33)/t22-,24+,25+/m1/s1. The van der Waals surface area contributed by atoms with Gasteiger partial charge in [-0.3, -0.25) is 9.59 Å². The molecule has 186 valence electrons. The monoisotopic (exact) mass is 478 g/mol. The lowest BCUT2D eigenvalue weighted by atomic mass is 9.94. The summed E-state index contributed by atoms with van der Waals surface area (Å²) in [7, 11) is 0. The Morgan fingerprint density at radius 2 is 1.54 bits per heavy atom. The third kappa shape index (κ3) is 5.50. The van der Waals surface area contributed by atoms with Crippen LogP contribution >= 0.6 is 0 Å². The molecule has 2 amide bonds. The number of rotatable bonds is 7. The first kappa shape index (κ1) is 24.8. The molecule has 3 atom stereocenters. The summed E-state index contributed by atoms with van der Waals surface area (Å²) in [6.45, 7) is 3.85. The molecule has 1 fully saturated rings. The summed E-state index contributed by atoms with van der Waals surface area (Å²) in [4.78, 5) is 37.6. The number of carboxylic acids is 1. The third-order valence-corrected chi connectivity index (χ3v) is 7.23. The van der Waals surface area contributed by atoms with Crippen LogP contribution in [0.5, 0.6) is 0 Å². The minimum Gasteiger partial charge on any atom is -0.481 e. The second-order valence-corrected chi connectivity index (χ2v) is 9.89. The molecule has 0 radical (unpaired) electrons. The number of hydrogen-bond acceptors (Lipinski definition) is 4. The molecule has 3 N–H and O–H groups in total. The minimum absolute atomic E-state index is 0.0678. The van der Waals surface area contributed by atoms with E-state index in [2.05, 4.69) is 34.9 Å². The highest BCUT2D eigenvalue weighted by atomic mass is 16.5. The molecule has 0 unspecified atom stereocenters. The van der Waals surface area contributed by atoms with Gasteiger partial charge in [-0.2, -0.15) is 0 Å². The average molecular weight is 479 g/mol. The Labute approximate surface area is 206 Å². The highest BCUT2D eigenvalue weighted by molar-refractivity contribution is 5.87. The molecular weight excluding hydrogens is 444 g/mol. The summed E-state index contributed by atoms with van der Waals surface area (Å²) in [5.74, 6) is -2.12. The van der Waals surface area contributed by atoms with E-state index in [0.717, 1.165) is 41.5 Å². The van der Waals surface area contributed by atoms with E-state index in [9.17, 15) is 19.5 Å². The van der Waals surface area contributed by atoms with Crippen LogP contribution in [0.2, 0.25) is 0 Å². The predicted octanol–water partition coefficient (Wildman–Crippen LogP) is 4.70. The van der Waals surface area contributed by atoms with Gasteiger partial charge in [0.1, 0.15) is 12.6 Å². The number of ether oxygens (including phenoxy) is 1. The van der Waals surface area contributed by atoms with Crippen molar-refractivity contribution in [1.29, 1.82) is 0 Å². The van der Waals surface area contributed by atoms with Gasteiger partial charge in [0, 0.05) is 12.0 Å². The van der Waals surface area contributed by atoms with Crippen molar-refractivity contribution in [3.8, 4) is 11.1 Å². The highest BCUT2D eigenvalue weighted by Gasteiger charge is 2.34. The van der Waals surface area contributed by atoms with Gasteiger partial charge in [0.05, 0.1) is 5.92 Å². The molecule has 0 saturated heterocycles. The van der Waals surface area contributed by atoms with E-state index in [0.29, 0.717) is 12.8 Å². The molecule has 0 heterocycles. The van der Waals surface area contributed by atoms with Gasteiger partial charge < -0.3 is 20.5 Å². The minimum atomic E-state index is -0.886. The summed E-state index contributed by atoms with van der Waals surface area (Å²) in [5, 5.41) is 15.2. The molecule has 0 aromatic heterocycles. The Balaban J connectivity index is 1.40. The van der Waals surface area contributed by atoms with Crippen LogP contribution in [0.3, 0.4) is 0 Å². The number of carbonyl (C=O) groups excluding carboxylic acids is 2. The molecular formula is C28H34N2O5. The van der Waals surface area contributed by atoms with Crippen LogP contribution in [0.1, 0.15) is 63.0 Å². The van der Waals surface area contributed by atoms with Crippen molar-refractivity contribution in [3.63, 3.8) is 0 Å². The van der Waals surface area contributed by atoms with E-state index in [1.807, 2.05) is 38.1 Å². The lowest BCUT2D eigenvalue weighted by Crippen LogP contribution is -2.54. The average Bonchev–Trinajstić information content (AvgIpc) is 2.97. The molecule has 1 saturated carbocycles. The molecule has 7 heteroatoms. The topological polar surface area (TPSA) is 105 Å². The predicted molar refractivity (Wildman–Crippen MR) is 133 cm³/mol. The lowest BCUT2D eigenvalue weighted by Gasteiger charge is -2.27. The molecule has 2 aliphatic rings. The summed E-state index contributed by atoms with van der Waals surface area (Å²) in [6.07, 6.45) is 3.19. The van der Waals surface area contributed by atoms with Gasteiger partial charge in [-0.15, -0.1) is 0 Å². The van der Waals surface area contributed by atoms with Gasteiger partial charge in [-0.05, 0) is 41.0 Å². The van der Waals surface area contributed by atoms with Crippen molar-refractivity contribution in [2.24, 2.45) is 11.8 Å². The molecule has 7 nitrogen and oxygen atoms in total. The van der Waals surface area contributed by atoms with E-state index in [-0.39, 0.29) is 24.3 Å². The number of amides is 2. The van der Waals surface area contributed by atoms with Gasteiger partial charge in [0.2, 0.25) is 5.91 Å². The van der Waals surface area contributed by atoms with Crippen molar-refractivity contribution in [3.05, 3.63) is 59.7 Å². The maximum Gasteiger partial charge on any atom is 0.407 e. The zero-order chi connectivity index (χ0) is 24.9. The second-order valence-electron chi connectivity index (χ2n) is 9.89. The molecule has 4 rings (SSSR count). The zero-order valence-electron chi connectivity index (χ0n) is 20.3. The Morgan fingerprint density at radius 3 is 2.14 bits per heavy atom. The van der Waals surface area contributed by atoms with Crippen molar-refractivity contribution in [2.45, 2.75) is 64.0 Å². The number of nitrogens with one attached hydrogen (secondary N) is 2. The maximum atomic E-state index is 13.1. The number of carbonyl (C=O) groups is 3. The van der Waals surface area contributed by atoms with E-state index in [1.165, 1.54) is 0 Å². The van der Waals surface area contributed by atoms with Crippen LogP contribution in [0.4, 0.5) is 4.79 Å². The van der Waals surface area contributed by atoms with Gasteiger partial charge in [0.15, 0.2) is 0 Å². The Hall–Kier alpha value is -3.35. The van der Waals surface area contributed by atoms with Crippen molar-refractivity contribution in [1.82, 2.24) is 10.6 Å². The molecule has 2 aromatic rings. The SMILES string of the molecule is CC(C)[C@H](NC(=O)OCC1c2ccccc2-c2ccccc21)C(=O)N[C@H]1CCCCC[C@H]1C(=O)O. The van der Waals surface area contributed by atoms with Crippen LogP contribution in [-0.2, 0) is 14.3 Å². The van der Waals surface area contributed by atoms with Crippen LogP contribution in [-0.4, -0.2) is 41.8 Å². The summed E-state index contributed by atoms with van der Waals surface area (Å²) >= 11 is 0. The number of carboxylic acid groups (broad SMARTS) is 1. The van der Waals surface area contributed by atoms with Crippen LogP contribution in [0.25, 0.3) is 11.1 Å². The van der Waals surface area contributed by atoms with Crippen LogP contribution in [0, 0.1) is 11.8 Å². The number of hydrogen-bond donors (Lipinski definition) is 3. The zero-order valence-corrected chi connectivity index (χ0v) is 20.3. The second kappa shape index (κ2) is 10.9. The normalized spacial score (nSPS) is 20.3. The number of fused-ring (bicyclic) bond motifs is 3. The number of benzene rings is 2. The van der Waals surface area contributed by atoms with Gasteiger partial charge >= 0.3 is 12.1 Å². The quantitative estimate of drug-likeness (QED) is 0.501. The highest BCUT2D eigenvalue weighted by Crippen LogP contribution is 2.44. The Morgan fingerprint density at radius 1 is 0.943 bits per heavy atom. The molecule has 0 bridgehead atoms. The first-order chi connectivity index (χ1) is 16.9. The number of alkyl carbamates (subject to hydrolysis) is 1. The largest absolute Gasteiger partial charge is 0.481 e. The molecule has 35 heavy (non-hydrogen) atoms. The summed E-state index contributed by atoms with van der Waals surface area (Å²) in [6, 6.07) is 15.0. The lowest BCUT2D eigenvalue weighted by molar-refractivity contribution is -0.143. The van der Waals surface area contributed by atoms with Crippen LogP contribution in [0.15, 0.2) is 48.5 Å². The molecule has 2 aliphatic carbocycles. The fraction of sp³-hybridized carbons (Fsp3) is 0.464. The molecule has 0 aliphatic heterocycles. The first-order valence-corrected chi connectivity index (χ1v) is 12.5. The van der Waals surface area contributed by atoms with E-state index < -0.39 is 30.1 Å². The van der Waals surface area contributed by atoms with E-state index in [1.54, 1.807) is 0 Å². The first-order valence-electron chi connectivity index (χ1n) is 12.5. The van der Waals surface area contributed by atoms with Crippen molar-refractivity contribution >= 4 is 18.0 Å². The Kier molecular flexibility index (Phi) is 7.73. The van der Waals surface area contributed by atoms with Crippen molar-refractivity contribution in [2.75, 3.05) is 6.61 Å². The van der Waals surface area contributed by atoms with Gasteiger partial charge in [0.25, 0.3) is 0 Å². The Bertz CT molecular complexity index is 1040. The summed E-state index contributed by atoms with van der Waals surface area (Å²) < 4.78 is 5.62. The van der Waals surface area contributed by atoms with Crippen molar-refractivity contribution < 1.29 is 24.2 Å². The van der Waals surface area contributed by atoms with Gasteiger partial charge in [-0.1, -0.05) is 81.6 Å². The molecule has 2 aromatic carbocycles.